The van der Waals surface area contributed by atoms with E-state index in [-0.39, 0.29) is 5.56 Å². The lowest BCUT2D eigenvalue weighted by Crippen LogP contribution is -2.48. The normalized spacial score (nSPS) is 13.6. The fourth-order valence-corrected chi connectivity index (χ4v) is 2.52. The molecule has 3 N–H and O–H groups in total. The van der Waals surface area contributed by atoms with Gasteiger partial charge in [-0.05, 0) is 25.8 Å². The van der Waals surface area contributed by atoms with Crippen LogP contribution in [0.25, 0.3) is 0 Å². The first-order chi connectivity index (χ1) is 9.47. The van der Waals surface area contributed by atoms with Gasteiger partial charge < -0.3 is 4.74 Å². The van der Waals surface area contributed by atoms with Crippen LogP contribution in [0.5, 0.6) is 0 Å². The molecular weight excluding hydrogens is 269 g/mol. The van der Waals surface area contributed by atoms with Gasteiger partial charge in [-0.1, -0.05) is 19.9 Å². The number of nitrogens with two attached hydrogens (primary N) is 1. The summed E-state index contributed by atoms with van der Waals surface area (Å²) in [5.74, 6) is 1.55. The topological polar surface area (TPSA) is 47.3 Å². The highest BCUT2D eigenvalue weighted by Crippen LogP contribution is 2.36. The third-order valence-electron chi connectivity index (χ3n) is 3.70. The van der Waals surface area contributed by atoms with Gasteiger partial charge >= 0.3 is 0 Å². The highest BCUT2D eigenvalue weighted by molar-refractivity contribution is 5.26. The fraction of sp³-hybridized carbons (Fsp3) is 0.571. The monoisotopic (exact) mass is 290 g/mol. The number of nitrogens with one attached hydrogen (secondary N) is 1. The highest BCUT2D eigenvalue weighted by atomic mass is 19.2. The van der Waals surface area contributed by atoms with Crippen LogP contribution in [0.2, 0.25) is 0 Å². The zero-order valence-electron chi connectivity index (χ0n) is 12.0. The Morgan fingerprint density at radius 1 is 1.15 bits per heavy atom. The van der Waals surface area contributed by atoms with Gasteiger partial charge in [0.25, 0.3) is 0 Å². The van der Waals surface area contributed by atoms with E-state index in [4.69, 9.17) is 10.6 Å². The third kappa shape index (κ3) is 2.97. The van der Waals surface area contributed by atoms with Gasteiger partial charge in [-0.15, -0.1) is 0 Å². The molecule has 0 spiro atoms. The molecule has 0 radical (unpaired) electrons. The molecule has 6 heteroatoms. The molecule has 0 saturated heterocycles. The summed E-state index contributed by atoms with van der Waals surface area (Å²) in [7, 11) is 0. The molecule has 0 bridgehead atoms. The minimum Gasteiger partial charge on any atom is -0.373 e. The lowest BCUT2D eigenvalue weighted by atomic mass is 9.83. The van der Waals surface area contributed by atoms with Crippen molar-refractivity contribution in [1.29, 1.82) is 0 Å². The number of benzene rings is 1. The van der Waals surface area contributed by atoms with Crippen molar-refractivity contribution in [3.8, 4) is 0 Å². The third-order valence-corrected chi connectivity index (χ3v) is 3.70. The summed E-state index contributed by atoms with van der Waals surface area (Å²) in [5, 5.41) is 0. The van der Waals surface area contributed by atoms with E-state index in [1.165, 1.54) is 6.07 Å². The van der Waals surface area contributed by atoms with Crippen molar-refractivity contribution >= 4 is 0 Å². The van der Waals surface area contributed by atoms with Gasteiger partial charge in [-0.2, -0.15) is 0 Å². The molecule has 0 aliphatic rings. The van der Waals surface area contributed by atoms with Crippen LogP contribution >= 0.6 is 0 Å². The first-order valence-corrected chi connectivity index (χ1v) is 6.70. The smallest absolute Gasteiger partial charge is 0.194 e. The SMILES string of the molecule is CCOC(CC)(CC)C(NN)c1ccc(F)c(F)c1F. The Hall–Kier alpha value is -1.11. The standard InChI is InChI=1S/C14H21F3N2O/c1-4-14(5-2,20-6-3)13(19-18)9-7-8-10(15)12(17)11(9)16/h7-8,13,19H,4-6,18H2,1-3H3. The van der Waals surface area contributed by atoms with Gasteiger partial charge in [0.2, 0.25) is 0 Å². The van der Waals surface area contributed by atoms with Crippen molar-refractivity contribution in [3.05, 3.63) is 35.1 Å². The van der Waals surface area contributed by atoms with Gasteiger partial charge in [0.05, 0.1) is 11.6 Å². The van der Waals surface area contributed by atoms with Gasteiger partial charge in [0.15, 0.2) is 17.5 Å². The largest absolute Gasteiger partial charge is 0.373 e. The number of hydrogen-bond donors (Lipinski definition) is 2. The van der Waals surface area contributed by atoms with E-state index >= 15 is 0 Å². The summed E-state index contributed by atoms with van der Waals surface area (Å²) in [6.07, 6.45) is 1.09. The number of hydrazine groups is 1. The van der Waals surface area contributed by atoms with Crippen molar-refractivity contribution in [1.82, 2.24) is 5.43 Å². The van der Waals surface area contributed by atoms with E-state index in [1.807, 2.05) is 20.8 Å². The molecule has 1 aromatic carbocycles. The van der Waals surface area contributed by atoms with E-state index in [0.29, 0.717) is 19.4 Å². The van der Waals surface area contributed by atoms with Crippen molar-refractivity contribution < 1.29 is 17.9 Å². The second-order valence-corrected chi connectivity index (χ2v) is 4.57. The summed E-state index contributed by atoms with van der Waals surface area (Å²) >= 11 is 0. The predicted molar refractivity (Wildman–Crippen MR) is 71.3 cm³/mol. The molecule has 0 amide bonds. The summed E-state index contributed by atoms with van der Waals surface area (Å²) in [6.45, 7) is 5.98. The number of hydrogen-bond acceptors (Lipinski definition) is 3. The van der Waals surface area contributed by atoms with E-state index in [2.05, 4.69) is 5.43 Å². The maximum absolute atomic E-state index is 14.0. The molecule has 0 aliphatic heterocycles. The lowest BCUT2D eigenvalue weighted by molar-refractivity contribution is -0.0742. The van der Waals surface area contributed by atoms with E-state index < -0.39 is 29.1 Å². The minimum absolute atomic E-state index is 0.0384. The van der Waals surface area contributed by atoms with Gasteiger partial charge in [0, 0.05) is 12.2 Å². The number of halogens is 3. The van der Waals surface area contributed by atoms with Crippen LogP contribution < -0.4 is 11.3 Å². The quantitative estimate of drug-likeness (QED) is 0.460. The van der Waals surface area contributed by atoms with E-state index in [9.17, 15) is 13.2 Å². The molecule has 3 nitrogen and oxygen atoms in total. The summed E-state index contributed by atoms with van der Waals surface area (Å²) < 4.78 is 46.2. The van der Waals surface area contributed by atoms with E-state index in [1.54, 1.807) is 0 Å². The maximum atomic E-state index is 14.0. The zero-order chi connectivity index (χ0) is 15.3. The predicted octanol–water partition coefficient (Wildman–Crippen LogP) is 3.20. The van der Waals surface area contributed by atoms with Crippen LogP contribution in [0.4, 0.5) is 13.2 Å². The second kappa shape index (κ2) is 7.06. The maximum Gasteiger partial charge on any atom is 0.194 e. The molecule has 114 valence electrons. The Bertz CT molecular complexity index is 450. The second-order valence-electron chi connectivity index (χ2n) is 4.57. The Morgan fingerprint density at radius 2 is 1.75 bits per heavy atom. The molecule has 0 heterocycles. The minimum atomic E-state index is -1.50. The van der Waals surface area contributed by atoms with Gasteiger partial charge in [-0.25, -0.2) is 18.6 Å². The average Bonchev–Trinajstić information content (AvgIpc) is 2.46. The van der Waals surface area contributed by atoms with Crippen LogP contribution in [0, 0.1) is 17.5 Å². The fourth-order valence-electron chi connectivity index (χ4n) is 2.52. The van der Waals surface area contributed by atoms with Crippen molar-refractivity contribution in [2.75, 3.05) is 6.61 Å². The van der Waals surface area contributed by atoms with Gasteiger partial charge in [0.1, 0.15) is 0 Å². The van der Waals surface area contributed by atoms with Crippen molar-refractivity contribution in [3.63, 3.8) is 0 Å². The number of rotatable bonds is 7. The molecule has 0 saturated carbocycles. The Morgan fingerprint density at radius 3 is 2.20 bits per heavy atom. The molecule has 0 aliphatic carbocycles. The Balaban J connectivity index is 3.34. The first kappa shape index (κ1) is 16.9. The molecule has 20 heavy (non-hydrogen) atoms. The number of ether oxygens (including phenoxy) is 1. The lowest BCUT2D eigenvalue weighted by Gasteiger charge is -2.39. The molecule has 1 unspecified atom stereocenters. The molecular formula is C14H21F3N2O. The zero-order valence-corrected chi connectivity index (χ0v) is 12.0. The summed E-state index contributed by atoms with van der Waals surface area (Å²) in [5.41, 5.74) is 1.66. The highest BCUT2D eigenvalue weighted by Gasteiger charge is 2.39. The summed E-state index contributed by atoms with van der Waals surface area (Å²) in [4.78, 5) is 0. The van der Waals surface area contributed by atoms with Crippen LogP contribution in [-0.2, 0) is 4.74 Å². The summed E-state index contributed by atoms with van der Waals surface area (Å²) in [6, 6.07) is 1.31. The van der Waals surface area contributed by atoms with Crippen LogP contribution in [0.15, 0.2) is 12.1 Å². The Kier molecular flexibility index (Phi) is 5.98. The van der Waals surface area contributed by atoms with Gasteiger partial charge in [-0.3, -0.25) is 5.84 Å². The van der Waals surface area contributed by atoms with Crippen LogP contribution in [0.1, 0.15) is 45.2 Å². The molecule has 1 rings (SSSR count). The average molecular weight is 290 g/mol. The molecule has 1 aromatic rings. The van der Waals surface area contributed by atoms with E-state index in [0.717, 1.165) is 6.07 Å². The Labute approximate surface area is 117 Å². The molecule has 1 atom stereocenters. The molecule has 0 fully saturated rings. The molecule has 0 aromatic heterocycles. The first-order valence-electron chi connectivity index (χ1n) is 6.70. The van der Waals surface area contributed by atoms with Crippen LogP contribution in [-0.4, -0.2) is 12.2 Å². The van der Waals surface area contributed by atoms with Crippen molar-refractivity contribution in [2.24, 2.45) is 5.84 Å². The van der Waals surface area contributed by atoms with Crippen molar-refractivity contribution in [2.45, 2.75) is 45.3 Å². The van der Waals surface area contributed by atoms with Crippen LogP contribution in [0.3, 0.4) is 0 Å².